The normalized spacial score (nSPS) is 10.1. The number of carboxylic acids is 1. The molecule has 1 aromatic rings. The van der Waals surface area contributed by atoms with E-state index in [0.717, 1.165) is 0 Å². The third-order valence-corrected chi connectivity index (χ3v) is 2.18. The lowest BCUT2D eigenvalue weighted by Crippen LogP contribution is -2.36. The van der Waals surface area contributed by atoms with Crippen LogP contribution in [0.3, 0.4) is 0 Å². The fourth-order valence-electron chi connectivity index (χ4n) is 1.30. The number of nitriles is 1. The van der Waals surface area contributed by atoms with Crippen molar-refractivity contribution >= 4 is 11.9 Å². The van der Waals surface area contributed by atoms with Gasteiger partial charge in [0.15, 0.2) is 0 Å². The Bertz CT molecular complexity index is 455. The predicted octanol–water partition coefficient (Wildman–Crippen LogP) is -0.199. The minimum atomic E-state index is -0.959. The summed E-state index contributed by atoms with van der Waals surface area (Å²) in [7, 11) is 3.79. The molecule has 0 bridgehead atoms. The van der Waals surface area contributed by atoms with Crippen molar-refractivity contribution in [1.82, 2.24) is 14.9 Å². The summed E-state index contributed by atoms with van der Waals surface area (Å²) in [6.45, 7) is 0.963. The van der Waals surface area contributed by atoms with E-state index in [1.165, 1.54) is 17.2 Å². The Labute approximate surface area is 105 Å². The van der Waals surface area contributed by atoms with Crippen molar-refractivity contribution in [3.8, 4) is 6.07 Å². The molecule has 18 heavy (non-hydrogen) atoms. The summed E-state index contributed by atoms with van der Waals surface area (Å²) in [4.78, 5) is 22.3. The van der Waals surface area contributed by atoms with Crippen LogP contribution >= 0.6 is 0 Å². The van der Waals surface area contributed by atoms with E-state index in [4.69, 9.17) is 10.4 Å². The van der Waals surface area contributed by atoms with Crippen LogP contribution in [0.4, 0.5) is 5.95 Å². The van der Waals surface area contributed by atoms with Crippen molar-refractivity contribution < 1.29 is 9.90 Å². The monoisotopic (exact) mass is 249 g/mol. The van der Waals surface area contributed by atoms with Crippen LogP contribution in [0.25, 0.3) is 0 Å². The first-order valence-electron chi connectivity index (χ1n) is 5.37. The van der Waals surface area contributed by atoms with Gasteiger partial charge in [-0.25, -0.2) is 9.97 Å². The van der Waals surface area contributed by atoms with Gasteiger partial charge >= 0.3 is 5.97 Å². The molecule has 7 heteroatoms. The van der Waals surface area contributed by atoms with E-state index < -0.39 is 5.97 Å². The zero-order chi connectivity index (χ0) is 13.5. The SMILES string of the molecule is CN(C)CCN(CC(=O)O)c1nccc(C#N)n1. The fraction of sp³-hybridized carbons (Fsp3) is 0.455. The molecule has 7 nitrogen and oxygen atoms in total. The van der Waals surface area contributed by atoms with Gasteiger partial charge in [-0.3, -0.25) is 4.79 Å². The molecule has 1 heterocycles. The molecule has 0 aromatic carbocycles. The molecule has 0 fully saturated rings. The largest absolute Gasteiger partial charge is 0.480 e. The third-order valence-electron chi connectivity index (χ3n) is 2.18. The van der Waals surface area contributed by atoms with Gasteiger partial charge in [0.25, 0.3) is 0 Å². The van der Waals surface area contributed by atoms with Crippen molar-refractivity contribution in [3.05, 3.63) is 18.0 Å². The number of carbonyl (C=O) groups is 1. The molecule has 0 aliphatic rings. The van der Waals surface area contributed by atoms with Crippen LogP contribution in [0.1, 0.15) is 5.69 Å². The number of carboxylic acid groups (broad SMARTS) is 1. The lowest BCUT2D eigenvalue weighted by Gasteiger charge is -2.22. The number of hydrogen-bond donors (Lipinski definition) is 1. The summed E-state index contributed by atoms with van der Waals surface area (Å²) in [5.74, 6) is -0.696. The number of nitrogens with zero attached hydrogens (tertiary/aromatic N) is 5. The minimum absolute atomic E-state index is 0.192. The molecule has 0 spiro atoms. The van der Waals surface area contributed by atoms with Gasteiger partial charge in [0.2, 0.25) is 5.95 Å². The average Bonchev–Trinajstić information content (AvgIpc) is 2.34. The Morgan fingerprint density at radius 1 is 1.50 bits per heavy atom. The molecule has 0 atom stereocenters. The summed E-state index contributed by atoms with van der Waals surface area (Å²) >= 11 is 0. The fourth-order valence-corrected chi connectivity index (χ4v) is 1.30. The zero-order valence-electron chi connectivity index (χ0n) is 10.4. The Kier molecular flexibility index (Phi) is 5.02. The van der Waals surface area contributed by atoms with E-state index in [1.807, 2.05) is 25.1 Å². The number of aromatic nitrogens is 2. The smallest absolute Gasteiger partial charge is 0.323 e. The summed E-state index contributed by atoms with van der Waals surface area (Å²) in [6, 6.07) is 3.39. The molecular weight excluding hydrogens is 234 g/mol. The highest BCUT2D eigenvalue weighted by molar-refractivity contribution is 5.72. The lowest BCUT2D eigenvalue weighted by atomic mass is 10.4. The predicted molar refractivity (Wildman–Crippen MR) is 65.1 cm³/mol. The standard InChI is InChI=1S/C11H15N5O2/c1-15(2)5-6-16(8-10(17)18)11-13-4-3-9(7-12)14-11/h3-4H,5-6,8H2,1-2H3,(H,17,18). The highest BCUT2D eigenvalue weighted by Crippen LogP contribution is 2.06. The van der Waals surface area contributed by atoms with Gasteiger partial charge in [-0.2, -0.15) is 5.26 Å². The van der Waals surface area contributed by atoms with Crippen molar-refractivity contribution in [1.29, 1.82) is 5.26 Å². The molecule has 1 rings (SSSR count). The lowest BCUT2D eigenvalue weighted by molar-refractivity contribution is -0.135. The average molecular weight is 249 g/mol. The number of hydrogen-bond acceptors (Lipinski definition) is 6. The molecule has 0 amide bonds. The number of aliphatic carboxylic acids is 1. The second-order valence-corrected chi connectivity index (χ2v) is 3.97. The van der Waals surface area contributed by atoms with Crippen LogP contribution in [0.2, 0.25) is 0 Å². The first-order chi connectivity index (χ1) is 8.52. The minimum Gasteiger partial charge on any atom is -0.480 e. The second-order valence-electron chi connectivity index (χ2n) is 3.97. The maximum Gasteiger partial charge on any atom is 0.323 e. The maximum atomic E-state index is 10.8. The van der Waals surface area contributed by atoms with E-state index in [0.29, 0.717) is 13.1 Å². The summed E-state index contributed by atoms with van der Waals surface area (Å²) in [5.41, 5.74) is 0.222. The zero-order valence-corrected chi connectivity index (χ0v) is 10.4. The Hall–Kier alpha value is -2.20. The van der Waals surface area contributed by atoms with E-state index >= 15 is 0 Å². The van der Waals surface area contributed by atoms with Crippen LogP contribution in [0.15, 0.2) is 12.3 Å². The quantitative estimate of drug-likeness (QED) is 0.746. The Balaban J connectivity index is 2.86. The summed E-state index contributed by atoms with van der Waals surface area (Å²) < 4.78 is 0. The van der Waals surface area contributed by atoms with Gasteiger partial charge in [-0.1, -0.05) is 0 Å². The summed E-state index contributed by atoms with van der Waals surface area (Å²) in [5, 5.41) is 17.6. The molecule has 0 aliphatic carbocycles. The Morgan fingerprint density at radius 2 is 2.22 bits per heavy atom. The molecule has 0 saturated heterocycles. The molecule has 96 valence electrons. The van der Waals surface area contributed by atoms with Crippen LogP contribution in [0.5, 0.6) is 0 Å². The first-order valence-corrected chi connectivity index (χ1v) is 5.37. The van der Waals surface area contributed by atoms with Crippen molar-refractivity contribution in [2.24, 2.45) is 0 Å². The van der Waals surface area contributed by atoms with Crippen molar-refractivity contribution in [2.75, 3.05) is 38.6 Å². The van der Waals surface area contributed by atoms with Gasteiger partial charge < -0.3 is 14.9 Å². The van der Waals surface area contributed by atoms with Gasteiger partial charge in [0.05, 0.1) is 0 Å². The van der Waals surface area contributed by atoms with E-state index in [2.05, 4.69) is 9.97 Å². The number of rotatable bonds is 6. The molecule has 0 aliphatic heterocycles. The molecular formula is C11H15N5O2. The van der Waals surface area contributed by atoms with Crippen LogP contribution < -0.4 is 4.90 Å². The van der Waals surface area contributed by atoms with Gasteiger partial charge in [-0.05, 0) is 20.2 Å². The second kappa shape index (κ2) is 6.51. The van der Waals surface area contributed by atoms with Gasteiger partial charge in [0.1, 0.15) is 18.3 Å². The highest BCUT2D eigenvalue weighted by Gasteiger charge is 2.14. The molecule has 0 unspecified atom stereocenters. The number of anilines is 1. The topological polar surface area (TPSA) is 93.4 Å². The van der Waals surface area contributed by atoms with Crippen LogP contribution in [-0.2, 0) is 4.79 Å². The number of likely N-dealkylation sites (N-methyl/N-ethyl adjacent to an activating group) is 1. The molecule has 1 N–H and O–H groups in total. The van der Waals surface area contributed by atoms with E-state index in [-0.39, 0.29) is 18.2 Å². The van der Waals surface area contributed by atoms with Crippen LogP contribution in [0, 0.1) is 11.3 Å². The van der Waals surface area contributed by atoms with Gasteiger partial charge in [0, 0.05) is 19.3 Å². The highest BCUT2D eigenvalue weighted by atomic mass is 16.4. The molecule has 1 aromatic heterocycles. The van der Waals surface area contributed by atoms with E-state index in [9.17, 15) is 4.79 Å². The summed E-state index contributed by atoms with van der Waals surface area (Å²) in [6.07, 6.45) is 1.45. The third kappa shape index (κ3) is 4.35. The van der Waals surface area contributed by atoms with Crippen LogP contribution in [-0.4, -0.2) is 59.7 Å². The van der Waals surface area contributed by atoms with Gasteiger partial charge in [-0.15, -0.1) is 0 Å². The van der Waals surface area contributed by atoms with E-state index in [1.54, 1.807) is 0 Å². The molecule has 0 radical (unpaired) electrons. The van der Waals surface area contributed by atoms with Crippen molar-refractivity contribution in [3.63, 3.8) is 0 Å². The van der Waals surface area contributed by atoms with Crippen molar-refractivity contribution in [2.45, 2.75) is 0 Å². The maximum absolute atomic E-state index is 10.8. The first kappa shape index (κ1) is 13.9. The Morgan fingerprint density at radius 3 is 2.78 bits per heavy atom. The molecule has 0 saturated carbocycles.